The van der Waals surface area contributed by atoms with Crippen LogP contribution in [0.1, 0.15) is 0 Å². The number of rotatable bonds is 5. The first kappa shape index (κ1) is 17.7. The van der Waals surface area contributed by atoms with Crippen molar-refractivity contribution in [1.82, 2.24) is 25.3 Å². The Labute approximate surface area is 156 Å². The molecule has 27 heavy (non-hydrogen) atoms. The van der Waals surface area contributed by atoms with Crippen LogP contribution < -0.4 is 5.32 Å². The Morgan fingerprint density at radius 3 is 2.37 bits per heavy atom. The van der Waals surface area contributed by atoms with Gasteiger partial charge in [0.25, 0.3) is 0 Å². The normalized spacial score (nSPS) is 25.0. The SMILES string of the molecule is OC[C@H]1N[C@H](Cn2nnc(-c3ccccc3)c2-c2cccnc2)[C@@H](O)[C@@H]1O. The number of aliphatic hydroxyl groups is 3. The maximum Gasteiger partial charge on any atom is 0.121 e. The van der Waals surface area contributed by atoms with Crippen LogP contribution in [0.5, 0.6) is 0 Å². The molecule has 1 aliphatic rings. The number of nitrogens with zero attached hydrogens (tertiary/aromatic N) is 4. The number of benzene rings is 1. The second kappa shape index (κ2) is 7.53. The van der Waals surface area contributed by atoms with E-state index in [1.165, 1.54) is 0 Å². The fraction of sp³-hybridized carbons (Fsp3) is 0.316. The monoisotopic (exact) mass is 367 g/mol. The molecule has 0 radical (unpaired) electrons. The van der Waals surface area contributed by atoms with E-state index in [2.05, 4.69) is 20.6 Å². The van der Waals surface area contributed by atoms with Gasteiger partial charge in [0.2, 0.25) is 0 Å². The van der Waals surface area contributed by atoms with Crippen LogP contribution in [0, 0.1) is 0 Å². The average molecular weight is 367 g/mol. The van der Waals surface area contributed by atoms with Crippen molar-refractivity contribution in [3.63, 3.8) is 0 Å². The van der Waals surface area contributed by atoms with Crippen LogP contribution in [0.15, 0.2) is 54.9 Å². The standard InChI is InChI=1S/C19H21N5O3/c25-11-15-19(27)18(26)14(21-15)10-24-17(13-7-4-8-20-9-13)16(22-23-24)12-5-2-1-3-6-12/h1-9,14-15,18-19,21,25-27H,10-11H2/t14-,15-,18-,19-/m1/s1. The van der Waals surface area contributed by atoms with Gasteiger partial charge in [-0.2, -0.15) is 0 Å². The highest BCUT2D eigenvalue weighted by molar-refractivity contribution is 5.77. The molecule has 1 saturated heterocycles. The zero-order chi connectivity index (χ0) is 18.8. The lowest BCUT2D eigenvalue weighted by atomic mass is 10.1. The summed E-state index contributed by atoms with van der Waals surface area (Å²) in [7, 11) is 0. The minimum Gasteiger partial charge on any atom is -0.395 e. The van der Waals surface area contributed by atoms with E-state index in [4.69, 9.17) is 0 Å². The molecule has 0 spiro atoms. The van der Waals surface area contributed by atoms with Crippen molar-refractivity contribution in [3.8, 4) is 22.5 Å². The van der Waals surface area contributed by atoms with Crippen LogP contribution >= 0.6 is 0 Å². The van der Waals surface area contributed by atoms with E-state index in [-0.39, 0.29) is 6.61 Å². The van der Waals surface area contributed by atoms with E-state index < -0.39 is 24.3 Å². The molecule has 0 saturated carbocycles. The lowest BCUT2D eigenvalue weighted by Crippen LogP contribution is -2.38. The van der Waals surface area contributed by atoms with Crippen molar-refractivity contribution >= 4 is 0 Å². The highest BCUT2D eigenvalue weighted by atomic mass is 16.3. The fourth-order valence-corrected chi connectivity index (χ4v) is 3.48. The Bertz CT molecular complexity index is 887. The van der Waals surface area contributed by atoms with E-state index in [0.29, 0.717) is 6.54 Å². The summed E-state index contributed by atoms with van der Waals surface area (Å²) in [6.07, 6.45) is 1.41. The number of pyridine rings is 1. The molecule has 3 heterocycles. The summed E-state index contributed by atoms with van der Waals surface area (Å²) in [6.45, 7) is 0.0373. The van der Waals surface area contributed by atoms with E-state index in [0.717, 1.165) is 22.5 Å². The number of aromatic nitrogens is 4. The molecule has 4 atom stereocenters. The summed E-state index contributed by atoms with van der Waals surface area (Å²) >= 11 is 0. The van der Waals surface area contributed by atoms with Crippen LogP contribution in [0.4, 0.5) is 0 Å². The number of hydrogen-bond donors (Lipinski definition) is 4. The molecule has 3 aromatic rings. The summed E-state index contributed by atoms with van der Waals surface area (Å²) in [5, 5.41) is 41.4. The number of hydrogen-bond acceptors (Lipinski definition) is 7. The van der Waals surface area contributed by atoms with Crippen LogP contribution in [0.25, 0.3) is 22.5 Å². The van der Waals surface area contributed by atoms with E-state index in [1.54, 1.807) is 17.1 Å². The molecular formula is C19H21N5O3. The van der Waals surface area contributed by atoms with Crippen LogP contribution in [0.3, 0.4) is 0 Å². The molecule has 1 fully saturated rings. The molecule has 8 nitrogen and oxygen atoms in total. The smallest absolute Gasteiger partial charge is 0.121 e. The van der Waals surface area contributed by atoms with Gasteiger partial charge >= 0.3 is 0 Å². The summed E-state index contributed by atoms with van der Waals surface area (Å²) in [5.74, 6) is 0. The second-order valence-corrected chi connectivity index (χ2v) is 6.62. The zero-order valence-corrected chi connectivity index (χ0v) is 14.6. The topological polar surface area (TPSA) is 116 Å². The van der Waals surface area contributed by atoms with Crippen LogP contribution in [0.2, 0.25) is 0 Å². The Morgan fingerprint density at radius 1 is 0.963 bits per heavy atom. The molecule has 140 valence electrons. The molecule has 4 rings (SSSR count). The lowest BCUT2D eigenvalue weighted by Gasteiger charge is -2.17. The number of nitrogens with one attached hydrogen (secondary N) is 1. The summed E-state index contributed by atoms with van der Waals surface area (Å²) in [5.41, 5.74) is 3.28. The Morgan fingerprint density at radius 2 is 1.70 bits per heavy atom. The predicted octanol–water partition coefficient (Wildman–Crippen LogP) is 0.0616. The molecular weight excluding hydrogens is 346 g/mol. The molecule has 2 aromatic heterocycles. The Kier molecular flexibility index (Phi) is 4.95. The van der Waals surface area contributed by atoms with Crippen LogP contribution in [-0.2, 0) is 6.54 Å². The molecule has 0 bridgehead atoms. The maximum atomic E-state index is 10.3. The minimum absolute atomic E-state index is 0.253. The average Bonchev–Trinajstić information content (AvgIpc) is 3.26. The van der Waals surface area contributed by atoms with E-state index in [9.17, 15) is 15.3 Å². The Hall–Kier alpha value is -2.65. The van der Waals surface area contributed by atoms with Gasteiger partial charge in [-0.3, -0.25) is 4.98 Å². The van der Waals surface area contributed by atoms with Gasteiger partial charge in [-0.25, -0.2) is 4.68 Å². The van der Waals surface area contributed by atoms with Gasteiger partial charge in [-0.05, 0) is 12.1 Å². The number of aliphatic hydroxyl groups excluding tert-OH is 3. The summed E-state index contributed by atoms with van der Waals surface area (Å²) in [6, 6.07) is 12.5. The van der Waals surface area contributed by atoms with Gasteiger partial charge in [0.1, 0.15) is 5.69 Å². The first-order valence-electron chi connectivity index (χ1n) is 8.81. The summed E-state index contributed by atoms with van der Waals surface area (Å²) in [4.78, 5) is 4.19. The second-order valence-electron chi connectivity index (χ2n) is 6.62. The maximum absolute atomic E-state index is 10.3. The highest BCUT2D eigenvalue weighted by Crippen LogP contribution is 2.30. The molecule has 1 aromatic carbocycles. The summed E-state index contributed by atoms with van der Waals surface area (Å²) < 4.78 is 1.70. The van der Waals surface area contributed by atoms with Gasteiger partial charge in [-0.1, -0.05) is 35.5 Å². The van der Waals surface area contributed by atoms with Crippen molar-refractivity contribution in [2.75, 3.05) is 6.61 Å². The third kappa shape index (κ3) is 3.35. The minimum atomic E-state index is -1.03. The van der Waals surface area contributed by atoms with Crippen molar-refractivity contribution in [3.05, 3.63) is 54.9 Å². The van der Waals surface area contributed by atoms with Crippen molar-refractivity contribution in [1.29, 1.82) is 0 Å². The lowest BCUT2D eigenvalue weighted by molar-refractivity contribution is 0.0176. The first-order valence-corrected chi connectivity index (χ1v) is 8.81. The molecule has 0 amide bonds. The quantitative estimate of drug-likeness (QED) is 0.504. The first-order chi connectivity index (χ1) is 13.2. The molecule has 4 N–H and O–H groups in total. The highest BCUT2D eigenvalue weighted by Gasteiger charge is 2.41. The third-order valence-corrected chi connectivity index (χ3v) is 4.89. The van der Waals surface area contributed by atoms with Crippen LogP contribution in [-0.4, -0.2) is 66.2 Å². The van der Waals surface area contributed by atoms with Crippen molar-refractivity contribution in [2.45, 2.75) is 30.8 Å². The molecule has 8 heteroatoms. The molecule has 0 aliphatic carbocycles. The predicted molar refractivity (Wildman–Crippen MR) is 98.5 cm³/mol. The van der Waals surface area contributed by atoms with Crippen molar-refractivity contribution in [2.24, 2.45) is 0 Å². The van der Waals surface area contributed by atoms with E-state index >= 15 is 0 Å². The van der Waals surface area contributed by atoms with Crippen molar-refractivity contribution < 1.29 is 15.3 Å². The van der Waals surface area contributed by atoms with Gasteiger partial charge in [0.05, 0.1) is 43.1 Å². The van der Waals surface area contributed by atoms with E-state index in [1.807, 2.05) is 42.5 Å². The zero-order valence-electron chi connectivity index (χ0n) is 14.6. The van der Waals surface area contributed by atoms with Gasteiger partial charge in [-0.15, -0.1) is 5.10 Å². The molecule has 1 aliphatic heterocycles. The fourth-order valence-electron chi connectivity index (χ4n) is 3.48. The third-order valence-electron chi connectivity index (χ3n) is 4.89. The van der Waals surface area contributed by atoms with Gasteiger partial charge < -0.3 is 20.6 Å². The Balaban J connectivity index is 1.73. The largest absolute Gasteiger partial charge is 0.395 e. The van der Waals surface area contributed by atoms with Gasteiger partial charge in [0.15, 0.2) is 0 Å². The van der Waals surface area contributed by atoms with Gasteiger partial charge in [0, 0.05) is 23.5 Å². The molecule has 0 unspecified atom stereocenters.